The van der Waals surface area contributed by atoms with Gasteiger partial charge in [-0.15, -0.1) is 0 Å². The smallest absolute Gasteiger partial charge is 0.240 e. The Morgan fingerprint density at radius 2 is 1.79 bits per heavy atom. The molecule has 1 saturated carbocycles. The van der Waals surface area contributed by atoms with E-state index in [1.165, 1.54) is 12.1 Å². The first-order chi connectivity index (χ1) is 13.7. The fraction of sp³-hybridized carbons (Fsp3) is 0.381. The quantitative estimate of drug-likeness (QED) is 0.629. The van der Waals surface area contributed by atoms with E-state index in [0.717, 1.165) is 30.4 Å². The van der Waals surface area contributed by atoms with Crippen LogP contribution in [0.15, 0.2) is 47.4 Å². The van der Waals surface area contributed by atoms with Crippen LogP contribution in [0, 0.1) is 0 Å². The van der Waals surface area contributed by atoms with Crippen molar-refractivity contribution in [3.63, 3.8) is 0 Å². The molecule has 0 heterocycles. The van der Waals surface area contributed by atoms with E-state index in [0.29, 0.717) is 23.0 Å². The number of carbonyl (C=O) groups excluding carboxylic acids is 1. The van der Waals surface area contributed by atoms with Crippen LogP contribution in [0.1, 0.15) is 37.3 Å². The number of rotatable bonds is 8. The number of sulfonamides is 1. The molecule has 0 saturated heterocycles. The Kier molecular flexibility index (Phi) is 6.89. The molecule has 29 heavy (non-hydrogen) atoms. The Morgan fingerprint density at radius 1 is 1.10 bits per heavy atom. The van der Waals surface area contributed by atoms with Crippen LogP contribution < -0.4 is 10.0 Å². The zero-order valence-electron chi connectivity index (χ0n) is 16.2. The lowest BCUT2D eigenvalue weighted by Gasteiger charge is -2.43. The van der Waals surface area contributed by atoms with Gasteiger partial charge in [0.15, 0.2) is 0 Å². The van der Waals surface area contributed by atoms with Gasteiger partial charge in [0.1, 0.15) is 0 Å². The lowest BCUT2D eigenvalue weighted by molar-refractivity contribution is -0.123. The van der Waals surface area contributed by atoms with Crippen molar-refractivity contribution in [2.75, 3.05) is 6.54 Å². The molecule has 156 valence electrons. The molecule has 2 aromatic rings. The van der Waals surface area contributed by atoms with Crippen LogP contribution in [-0.2, 0) is 27.7 Å². The van der Waals surface area contributed by atoms with Crippen LogP contribution in [0.4, 0.5) is 0 Å². The second-order valence-electron chi connectivity index (χ2n) is 7.42. The summed E-state index contributed by atoms with van der Waals surface area (Å²) in [6, 6.07) is 11.8. The van der Waals surface area contributed by atoms with E-state index in [1.807, 2.05) is 6.07 Å². The lowest BCUT2D eigenvalue weighted by Crippen LogP contribution is -2.55. The second-order valence-corrected chi connectivity index (χ2v) is 10.0. The molecule has 0 aliphatic heterocycles. The molecule has 3 rings (SSSR count). The Morgan fingerprint density at radius 3 is 2.34 bits per heavy atom. The van der Waals surface area contributed by atoms with Crippen LogP contribution >= 0.6 is 23.2 Å². The minimum atomic E-state index is -3.49. The largest absolute Gasteiger partial charge is 0.350 e. The summed E-state index contributed by atoms with van der Waals surface area (Å²) < 4.78 is 26.5. The van der Waals surface area contributed by atoms with Crippen molar-refractivity contribution in [3.05, 3.63) is 63.6 Å². The van der Waals surface area contributed by atoms with Crippen molar-refractivity contribution < 1.29 is 13.2 Å². The number of carbonyl (C=O) groups is 1. The highest BCUT2D eigenvalue weighted by Gasteiger charge is 2.38. The predicted octanol–water partition coefficient (Wildman–Crippen LogP) is 4.12. The molecule has 0 radical (unpaired) electrons. The van der Waals surface area contributed by atoms with E-state index in [2.05, 4.69) is 10.0 Å². The number of benzene rings is 2. The topological polar surface area (TPSA) is 75.3 Å². The molecule has 0 aromatic heterocycles. The standard InChI is InChI=1S/C21H24Cl2N2O3S/c1-2-24-29(27,28)18-8-4-15(5-9-18)12-20(26)25-21(10-3-11-21)14-16-6-7-17(22)13-19(16)23/h4-9,13,24H,2-3,10-12,14H2,1H3,(H,25,26). The number of hydrogen-bond donors (Lipinski definition) is 2. The minimum Gasteiger partial charge on any atom is -0.350 e. The van der Waals surface area contributed by atoms with Gasteiger partial charge in [-0.05, 0) is 61.1 Å². The summed E-state index contributed by atoms with van der Waals surface area (Å²) in [6.07, 6.45) is 3.71. The molecular formula is C21H24Cl2N2O3S. The third kappa shape index (κ3) is 5.51. The van der Waals surface area contributed by atoms with E-state index in [9.17, 15) is 13.2 Å². The molecule has 1 fully saturated rings. The maximum atomic E-state index is 12.6. The molecule has 5 nitrogen and oxygen atoms in total. The summed E-state index contributed by atoms with van der Waals surface area (Å²) in [7, 11) is -3.49. The Labute approximate surface area is 181 Å². The SMILES string of the molecule is CCNS(=O)(=O)c1ccc(CC(=O)NC2(Cc3ccc(Cl)cc3Cl)CCC2)cc1. The minimum absolute atomic E-state index is 0.0860. The number of amides is 1. The molecule has 0 unspecified atom stereocenters. The number of halogens is 2. The van der Waals surface area contributed by atoms with Crippen LogP contribution in [0.25, 0.3) is 0 Å². The fourth-order valence-electron chi connectivity index (χ4n) is 3.56. The Bertz CT molecular complexity index is 987. The van der Waals surface area contributed by atoms with Gasteiger partial charge in [0.25, 0.3) is 0 Å². The van der Waals surface area contributed by atoms with E-state index in [4.69, 9.17) is 23.2 Å². The van der Waals surface area contributed by atoms with Crippen molar-refractivity contribution in [2.24, 2.45) is 0 Å². The molecule has 1 aliphatic rings. The lowest BCUT2D eigenvalue weighted by atomic mass is 9.72. The first-order valence-electron chi connectivity index (χ1n) is 9.57. The highest BCUT2D eigenvalue weighted by Crippen LogP contribution is 2.37. The predicted molar refractivity (Wildman–Crippen MR) is 116 cm³/mol. The van der Waals surface area contributed by atoms with Gasteiger partial charge in [-0.3, -0.25) is 4.79 Å². The molecule has 2 N–H and O–H groups in total. The van der Waals surface area contributed by atoms with Crippen LogP contribution in [0.2, 0.25) is 10.0 Å². The summed E-state index contributed by atoms with van der Waals surface area (Å²) in [5.74, 6) is -0.0860. The molecule has 1 aliphatic carbocycles. The second kappa shape index (κ2) is 9.04. The van der Waals surface area contributed by atoms with Crippen molar-refractivity contribution >= 4 is 39.1 Å². The van der Waals surface area contributed by atoms with Crippen molar-refractivity contribution in [3.8, 4) is 0 Å². The molecule has 0 bridgehead atoms. The Balaban J connectivity index is 1.64. The monoisotopic (exact) mass is 454 g/mol. The molecule has 1 amide bonds. The third-order valence-corrected chi connectivity index (χ3v) is 7.34. The number of nitrogens with one attached hydrogen (secondary N) is 2. The van der Waals surface area contributed by atoms with Crippen molar-refractivity contribution in [1.29, 1.82) is 0 Å². The van der Waals surface area contributed by atoms with Gasteiger partial charge >= 0.3 is 0 Å². The van der Waals surface area contributed by atoms with Gasteiger partial charge in [-0.2, -0.15) is 0 Å². The summed E-state index contributed by atoms with van der Waals surface area (Å²) in [5.41, 5.74) is 1.44. The molecule has 8 heteroatoms. The zero-order valence-corrected chi connectivity index (χ0v) is 18.5. The van der Waals surface area contributed by atoms with E-state index in [1.54, 1.807) is 31.2 Å². The maximum absolute atomic E-state index is 12.6. The van der Waals surface area contributed by atoms with Gasteiger partial charge in [0.2, 0.25) is 15.9 Å². The third-order valence-electron chi connectivity index (χ3n) is 5.19. The summed E-state index contributed by atoms with van der Waals surface area (Å²) in [5, 5.41) is 4.37. The van der Waals surface area contributed by atoms with Crippen molar-refractivity contribution in [1.82, 2.24) is 10.0 Å². The highest BCUT2D eigenvalue weighted by atomic mass is 35.5. The average molecular weight is 455 g/mol. The van der Waals surface area contributed by atoms with Gasteiger partial charge in [-0.1, -0.05) is 48.3 Å². The van der Waals surface area contributed by atoms with E-state index in [-0.39, 0.29) is 22.8 Å². The number of hydrogen-bond acceptors (Lipinski definition) is 3. The molecule has 0 atom stereocenters. The summed E-state index contributed by atoms with van der Waals surface area (Å²) in [4.78, 5) is 12.8. The van der Waals surface area contributed by atoms with Crippen molar-refractivity contribution in [2.45, 2.75) is 49.5 Å². The van der Waals surface area contributed by atoms with Gasteiger partial charge < -0.3 is 5.32 Å². The van der Waals surface area contributed by atoms with E-state index >= 15 is 0 Å². The molecule has 2 aromatic carbocycles. The first kappa shape index (κ1) is 22.1. The molecule has 0 spiro atoms. The van der Waals surface area contributed by atoms with Crippen LogP contribution in [-0.4, -0.2) is 26.4 Å². The van der Waals surface area contributed by atoms with Gasteiger partial charge in [0.05, 0.1) is 11.3 Å². The first-order valence-corrected chi connectivity index (χ1v) is 11.8. The van der Waals surface area contributed by atoms with Gasteiger partial charge in [-0.25, -0.2) is 13.1 Å². The normalized spacial score (nSPS) is 15.6. The Hall–Kier alpha value is -1.60. The van der Waals surface area contributed by atoms with Crippen LogP contribution in [0.3, 0.4) is 0 Å². The van der Waals surface area contributed by atoms with Crippen LogP contribution in [0.5, 0.6) is 0 Å². The molecular weight excluding hydrogens is 431 g/mol. The highest BCUT2D eigenvalue weighted by molar-refractivity contribution is 7.89. The van der Waals surface area contributed by atoms with E-state index < -0.39 is 10.0 Å². The zero-order chi connectivity index (χ0) is 21.1. The average Bonchev–Trinajstić information content (AvgIpc) is 2.62. The fourth-order valence-corrected chi connectivity index (χ4v) is 5.08. The maximum Gasteiger partial charge on any atom is 0.240 e. The summed E-state index contributed by atoms with van der Waals surface area (Å²) in [6.45, 7) is 2.05. The van der Waals surface area contributed by atoms with Gasteiger partial charge in [0, 0.05) is 22.1 Å². The summed E-state index contributed by atoms with van der Waals surface area (Å²) >= 11 is 12.3.